The first-order valence-corrected chi connectivity index (χ1v) is 8.78. The zero-order valence-corrected chi connectivity index (χ0v) is 14.9. The lowest BCUT2D eigenvalue weighted by Crippen LogP contribution is -2.32. The lowest BCUT2D eigenvalue weighted by molar-refractivity contribution is 0.574. The van der Waals surface area contributed by atoms with Crippen molar-refractivity contribution >= 4 is 28.3 Å². The summed E-state index contributed by atoms with van der Waals surface area (Å²) in [5.41, 5.74) is 2.92. The summed E-state index contributed by atoms with van der Waals surface area (Å²) < 4.78 is 1.17. The Hall–Kier alpha value is -2.39. The van der Waals surface area contributed by atoms with E-state index in [0.717, 1.165) is 22.5 Å². The van der Waals surface area contributed by atoms with Crippen LogP contribution in [0.4, 0.5) is 5.69 Å². The fraction of sp³-hybridized carbons (Fsp3) is 0.100. The van der Waals surface area contributed by atoms with Gasteiger partial charge in [0.05, 0.1) is 23.5 Å². The van der Waals surface area contributed by atoms with Gasteiger partial charge < -0.3 is 5.32 Å². The second kappa shape index (κ2) is 5.91. The van der Waals surface area contributed by atoms with E-state index in [0.29, 0.717) is 0 Å². The fourth-order valence-electron chi connectivity index (χ4n) is 3.41. The largest absolute Gasteiger partial charge is 0.374 e. The lowest BCUT2D eigenvalue weighted by Gasteiger charge is -2.29. The van der Waals surface area contributed by atoms with Crippen LogP contribution < -0.4 is 5.32 Å². The summed E-state index contributed by atoms with van der Waals surface area (Å²) in [5.74, 6) is 0. The summed E-state index contributed by atoms with van der Waals surface area (Å²) in [6.07, 6.45) is 1.76. The number of nitriles is 1. The van der Waals surface area contributed by atoms with Crippen molar-refractivity contribution in [2.45, 2.75) is 11.5 Å². The van der Waals surface area contributed by atoms with E-state index in [9.17, 15) is 5.26 Å². The highest BCUT2D eigenvalue weighted by atomic mass is 127. The molecular formula is C20H14IN3. The number of hydrogen-bond donors (Lipinski definition) is 1. The molecule has 0 amide bonds. The number of benzene rings is 2. The molecular weight excluding hydrogens is 409 g/mol. The Kier molecular flexibility index (Phi) is 3.73. The standard InChI is InChI=1S/C20H14IN3/c21-16-10-8-14(9-11-16)18-20(13-22,15-5-2-1-3-6-15)19-17(24-18)7-4-12-23-19/h1-12,18,24H/t18-,20-/m1/s1. The Morgan fingerprint density at radius 3 is 2.46 bits per heavy atom. The molecule has 1 aliphatic rings. The quantitative estimate of drug-likeness (QED) is 0.610. The molecule has 2 aromatic carbocycles. The van der Waals surface area contributed by atoms with Crippen LogP contribution in [0.1, 0.15) is 22.9 Å². The maximum atomic E-state index is 10.3. The normalized spacial score (nSPS) is 21.6. The highest BCUT2D eigenvalue weighted by molar-refractivity contribution is 14.1. The molecule has 2 atom stereocenters. The van der Waals surface area contributed by atoms with Crippen molar-refractivity contribution < 1.29 is 0 Å². The van der Waals surface area contributed by atoms with Crippen LogP contribution in [0.5, 0.6) is 0 Å². The number of aromatic nitrogens is 1. The average molecular weight is 423 g/mol. The van der Waals surface area contributed by atoms with Crippen molar-refractivity contribution in [2.24, 2.45) is 0 Å². The molecule has 116 valence electrons. The minimum absolute atomic E-state index is 0.174. The molecule has 3 aromatic rings. The van der Waals surface area contributed by atoms with Crippen molar-refractivity contribution in [3.8, 4) is 6.07 Å². The molecule has 1 aliphatic heterocycles. The molecule has 1 N–H and O–H groups in total. The number of pyridine rings is 1. The summed E-state index contributed by atoms with van der Waals surface area (Å²) in [7, 11) is 0. The second-order valence-corrected chi connectivity index (χ2v) is 7.06. The van der Waals surface area contributed by atoms with E-state index in [1.807, 2.05) is 42.5 Å². The van der Waals surface area contributed by atoms with Gasteiger partial charge in [0.1, 0.15) is 0 Å². The van der Waals surface area contributed by atoms with E-state index < -0.39 is 5.41 Å². The molecule has 0 fully saturated rings. The third-order valence-electron chi connectivity index (χ3n) is 4.52. The smallest absolute Gasteiger partial charge is 0.150 e. The highest BCUT2D eigenvalue weighted by Gasteiger charge is 2.51. The molecule has 0 bridgehead atoms. The van der Waals surface area contributed by atoms with Crippen molar-refractivity contribution in [3.63, 3.8) is 0 Å². The number of rotatable bonds is 2. The predicted octanol–water partition coefficient (Wildman–Crippen LogP) is 4.66. The topological polar surface area (TPSA) is 48.7 Å². The number of nitrogens with zero attached hydrogens (tertiary/aromatic N) is 2. The average Bonchev–Trinajstić information content (AvgIpc) is 2.98. The molecule has 2 heterocycles. The molecule has 4 rings (SSSR count). The Bertz CT molecular complexity index is 916. The fourth-order valence-corrected chi connectivity index (χ4v) is 3.77. The minimum Gasteiger partial charge on any atom is -0.374 e. The van der Waals surface area contributed by atoms with Crippen molar-refractivity contribution in [2.75, 3.05) is 5.32 Å². The molecule has 0 radical (unpaired) electrons. The first-order chi connectivity index (χ1) is 11.8. The minimum atomic E-state index is -0.843. The number of nitrogens with one attached hydrogen (secondary N) is 1. The second-order valence-electron chi connectivity index (χ2n) is 5.81. The van der Waals surface area contributed by atoms with Gasteiger partial charge in [-0.1, -0.05) is 42.5 Å². The predicted molar refractivity (Wildman–Crippen MR) is 103 cm³/mol. The van der Waals surface area contributed by atoms with Gasteiger partial charge in [0.2, 0.25) is 0 Å². The third-order valence-corrected chi connectivity index (χ3v) is 5.24. The number of hydrogen-bond acceptors (Lipinski definition) is 3. The number of anilines is 1. The van der Waals surface area contributed by atoms with E-state index in [1.54, 1.807) is 6.20 Å². The van der Waals surface area contributed by atoms with Crippen molar-refractivity contribution in [3.05, 3.63) is 93.3 Å². The van der Waals surface area contributed by atoms with Gasteiger partial charge in [0.25, 0.3) is 0 Å². The summed E-state index contributed by atoms with van der Waals surface area (Å²) in [6.45, 7) is 0. The van der Waals surface area contributed by atoms with Gasteiger partial charge in [-0.2, -0.15) is 5.26 Å². The lowest BCUT2D eigenvalue weighted by atomic mass is 9.72. The van der Waals surface area contributed by atoms with E-state index in [-0.39, 0.29) is 6.04 Å². The molecule has 1 aromatic heterocycles. The number of halogens is 1. The molecule has 0 saturated heterocycles. The van der Waals surface area contributed by atoms with Crippen LogP contribution in [0.25, 0.3) is 0 Å². The van der Waals surface area contributed by atoms with Crippen LogP contribution in [0, 0.1) is 14.9 Å². The Balaban J connectivity index is 1.97. The van der Waals surface area contributed by atoms with E-state index >= 15 is 0 Å². The molecule has 0 spiro atoms. The molecule has 0 saturated carbocycles. The number of fused-ring (bicyclic) bond motifs is 1. The van der Waals surface area contributed by atoms with Gasteiger partial charge in [-0.15, -0.1) is 0 Å². The molecule has 4 heteroatoms. The molecule has 0 aliphatic carbocycles. The summed E-state index contributed by atoms with van der Waals surface area (Å²) in [6, 6.07) is 24.5. The van der Waals surface area contributed by atoms with Gasteiger partial charge in [-0.05, 0) is 58.0 Å². The monoisotopic (exact) mass is 423 g/mol. The van der Waals surface area contributed by atoms with E-state index in [4.69, 9.17) is 0 Å². The Labute approximate surface area is 154 Å². The zero-order chi connectivity index (χ0) is 16.6. The highest BCUT2D eigenvalue weighted by Crippen LogP contribution is 2.51. The first-order valence-electron chi connectivity index (χ1n) is 7.70. The Morgan fingerprint density at radius 1 is 1.00 bits per heavy atom. The maximum Gasteiger partial charge on any atom is 0.150 e. The van der Waals surface area contributed by atoms with Crippen LogP contribution in [0.2, 0.25) is 0 Å². The van der Waals surface area contributed by atoms with Gasteiger partial charge in [-0.3, -0.25) is 4.98 Å². The van der Waals surface area contributed by atoms with E-state index in [2.05, 4.69) is 63.2 Å². The third kappa shape index (κ3) is 2.20. The zero-order valence-electron chi connectivity index (χ0n) is 12.8. The summed E-state index contributed by atoms with van der Waals surface area (Å²) in [4.78, 5) is 4.57. The van der Waals surface area contributed by atoms with E-state index in [1.165, 1.54) is 3.57 Å². The summed E-state index contributed by atoms with van der Waals surface area (Å²) >= 11 is 2.29. The molecule has 24 heavy (non-hydrogen) atoms. The summed E-state index contributed by atoms with van der Waals surface area (Å²) in [5, 5.41) is 13.8. The first kappa shape index (κ1) is 15.2. The molecule has 3 nitrogen and oxygen atoms in total. The van der Waals surface area contributed by atoms with Crippen LogP contribution >= 0.6 is 22.6 Å². The van der Waals surface area contributed by atoms with Crippen molar-refractivity contribution in [1.29, 1.82) is 5.26 Å². The maximum absolute atomic E-state index is 10.3. The van der Waals surface area contributed by atoms with Crippen molar-refractivity contribution in [1.82, 2.24) is 4.98 Å². The van der Waals surface area contributed by atoms with Crippen LogP contribution in [-0.2, 0) is 5.41 Å². The van der Waals surface area contributed by atoms with Gasteiger partial charge in [0.15, 0.2) is 5.41 Å². The van der Waals surface area contributed by atoms with Gasteiger partial charge >= 0.3 is 0 Å². The molecule has 0 unspecified atom stereocenters. The van der Waals surface area contributed by atoms with Crippen LogP contribution in [0.15, 0.2) is 72.9 Å². The van der Waals surface area contributed by atoms with Crippen LogP contribution in [-0.4, -0.2) is 4.98 Å². The van der Waals surface area contributed by atoms with Gasteiger partial charge in [0, 0.05) is 9.77 Å². The van der Waals surface area contributed by atoms with Gasteiger partial charge in [-0.25, -0.2) is 0 Å². The Morgan fingerprint density at radius 2 is 1.75 bits per heavy atom. The SMILES string of the molecule is N#C[C@]1(c2ccccc2)c2ncccc2N[C@@H]1c1ccc(I)cc1. The van der Waals surface area contributed by atoms with Crippen LogP contribution in [0.3, 0.4) is 0 Å².